The predicted molar refractivity (Wildman–Crippen MR) is 125 cm³/mol. The SMILES string of the molecule is Cc1ccc(NC(=O)c2ccccc2NC(=O)COc2ccc(C(C)C)cc2)cc1C. The number of amides is 2. The maximum absolute atomic E-state index is 12.8. The third-order valence-electron chi connectivity index (χ3n) is 5.13. The molecule has 2 amide bonds. The van der Waals surface area contributed by atoms with Crippen LogP contribution in [0.2, 0.25) is 0 Å². The summed E-state index contributed by atoms with van der Waals surface area (Å²) in [5.41, 5.74) is 4.99. The fourth-order valence-corrected chi connectivity index (χ4v) is 3.09. The second-order valence-electron chi connectivity index (χ2n) is 7.86. The Hall–Kier alpha value is -3.60. The van der Waals surface area contributed by atoms with Crippen LogP contribution in [0.15, 0.2) is 66.7 Å². The van der Waals surface area contributed by atoms with Crippen LogP contribution in [0.3, 0.4) is 0 Å². The number of anilines is 2. The minimum Gasteiger partial charge on any atom is -0.484 e. The van der Waals surface area contributed by atoms with Crippen molar-refractivity contribution in [3.63, 3.8) is 0 Å². The standard InChI is InChI=1S/C26H28N2O3/c1-17(2)20-10-13-22(14-11-20)31-16-25(29)28-24-8-6-5-7-23(24)26(30)27-21-12-9-18(3)19(4)15-21/h5-15,17H,16H2,1-4H3,(H,27,30)(H,28,29). The largest absolute Gasteiger partial charge is 0.484 e. The highest BCUT2D eigenvalue weighted by molar-refractivity contribution is 6.10. The zero-order valence-corrected chi connectivity index (χ0v) is 18.4. The molecule has 0 saturated carbocycles. The number of rotatable bonds is 7. The predicted octanol–water partition coefficient (Wildman–Crippen LogP) is 5.70. The number of para-hydroxylation sites is 1. The zero-order chi connectivity index (χ0) is 22.4. The third-order valence-corrected chi connectivity index (χ3v) is 5.13. The van der Waals surface area contributed by atoms with Gasteiger partial charge in [0.05, 0.1) is 11.3 Å². The maximum Gasteiger partial charge on any atom is 0.262 e. The number of ether oxygens (including phenoxy) is 1. The molecular formula is C26H28N2O3. The summed E-state index contributed by atoms with van der Waals surface area (Å²) < 4.78 is 5.58. The molecule has 2 N–H and O–H groups in total. The van der Waals surface area contributed by atoms with Crippen LogP contribution in [0.1, 0.15) is 46.8 Å². The molecule has 0 heterocycles. The smallest absolute Gasteiger partial charge is 0.262 e. The average molecular weight is 417 g/mol. The zero-order valence-electron chi connectivity index (χ0n) is 18.4. The molecule has 0 spiro atoms. The molecular weight excluding hydrogens is 388 g/mol. The van der Waals surface area contributed by atoms with Crippen molar-refractivity contribution in [2.24, 2.45) is 0 Å². The molecule has 0 radical (unpaired) electrons. The van der Waals surface area contributed by atoms with Crippen LogP contribution in [0.5, 0.6) is 5.75 Å². The second-order valence-corrected chi connectivity index (χ2v) is 7.86. The summed E-state index contributed by atoms with van der Waals surface area (Å²) in [5, 5.41) is 5.66. The fraction of sp³-hybridized carbons (Fsp3) is 0.231. The fourth-order valence-electron chi connectivity index (χ4n) is 3.09. The van der Waals surface area contributed by atoms with Crippen LogP contribution in [0, 0.1) is 13.8 Å². The van der Waals surface area contributed by atoms with E-state index in [0.29, 0.717) is 28.6 Å². The molecule has 3 aromatic rings. The van der Waals surface area contributed by atoms with Crippen LogP contribution in [0.4, 0.5) is 11.4 Å². The molecule has 3 aromatic carbocycles. The minimum atomic E-state index is -0.334. The van der Waals surface area contributed by atoms with E-state index < -0.39 is 0 Å². The lowest BCUT2D eigenvalue weighted by atomic mass is 10.0. The number of aryl methyl sites for hydroxylation is 2. The van der Waals surface area contributed by atoms with Gasteiger partial charge in [0.25, 0.3) is 11.8 Å². The van der Waals surface area contributed by atoms with E-state index in [1.165, 1.54) is 5.56 Å². The van der Waals surface area contributed by atoms with Crippen molar-refractivity contribution >= 4 is 23.2 Å². The van der Waals surface area contributed by atoms with E-state index >= 15 is 0 Å². The van der Waals surface area contributed by atoms with Gasteiger partial charge in [0.2, 0.25) is 0 Å². The van der Waals surface area contributed by atoms with Crippen LogP contribution in [-0.4, -0.2) is 18.4 Å². The second kappa shape index (κ2) is 9.94. The van der Waals surface area contributed by atoms with Gasteiger partial charge in [-0.25, -0.2) is 0 Å². The van der Waals surface area contributed by atoms with Gasteiger partial charge in [0.1, 0.15) is 5.75 Å². The minimum absolute atomic E-state index is 0.145. The number of benzene rings is 3. The van der Waals surface area contributed by atoms with Gasteiger partial charge >= 0.3 is 0 Å². The summed E-state index contributed by atoms with van der Waals surface area (Å²) in [4.78, 5) is 25.2. The maximum atomic E-state index is 12.8. The summed E-state index contributed by atoms with van der Waals surface area (Å²) in [5.74, 6) is 0.438. The monoisotopic (exact) mass is 416 g/mol. The Labute approximate surface area is 183 Å². The third kappa shape index (κ3) is 5.95. The van der Waals surface area contributed by atoms with Crippen molar-refractivity contribution in [2.45, 2.75) is 33.6 Å². The summed E-state index contributed by atoms with van der Waals surface area (Å²) in [6.45, 7) is 8.12. The average Bonchev–Trinajstić information content (AvgIpc) is 2.75. The number of carbonyl (C=O) groups is 2. The highest BCUT2D eigenvalue weighted by Gasteiger charge is 2.14. The van der Waals surface area contributed by atoms with E-state index in [9.17, 15) is 9.59 Å². The molecule has 0 unspecified atom stereocenters. The number of hydrogen-bond donors (Lipinski definition) is 2. The highest BCUT2D eigenvalue weighted by Crippen LogP contribution is 2.20. The number of hydrogen-bond acceptors (Lipinski definition) is 3. The van der Waals surface area contributed by atoms with Gasteiger partial charge < -0.3 is 15.4 Å². The molecule has 0 aliphatic rings. The Bertz CT molecular complexity index is 1070. The molecule has 160 valence electrons. The molecule has 0 aromatic heterocycles. The number of nitrogens with one attached hydrogen (secondary N) is 2. The topological polar surface area (TPSA) is 67.4 Å². The lowest BCUT2D eigenvalue weighted by Crippen LogP contribution is -2.22. The van der Waals surface area contributed by atoms with E-state index in [4.69, 9.17) is 4.74 Å². The van der Waals surface area contributed by atoms with Crippen molar-refractivity contribution < 1.29 is 14.3 Å². The molecule has 5 heteroatoms. The van der Waals surface area contributed by atoms with E-state index in [1.807, 2.05) is 56.3 Å². The van der Waals surface area contributed by atoms with Gasteiger partial charge in [-0.2, -0.15) is 0 Å². The van der Waals surface area contributed by atoms with Crippen molar-refractivity contribution in [3.8, 4) is 5.75 Å². The van der Waals surface area contributed by atoms with Gasteiger partial charge in [-0.3, -0.25) is 9.59 Å². The van der Waals surface area contributed by atoms with Gasteiger partial charge in [-0.05, 0) is 72.9 Å². The molecule has 5 nitrogen and oxygen atoms in total. The molecule has 0 saturated heterocycles. The number of carbonyl (C=O) groups excluding carboxylic acids is 2. The Kier molecular flexibility index (Phi) is 7.08. The van der Waals surface area contributed by atoms with E-state index in [1.54, 1.807) is 24.3 Å². The molecule has 0 bridgehead atoms. The van der Waals surface area contributed by atoms with Gasteiger partial charge in [0.15, 0.2) is 6.61 Å². The molecule has 0 fully saturated rings. The first-order valence-corrected chi connectivity index (χ1v) is 10.3. The normalized spacial score (nSPS) is 10.6. The summed E-state index contributed by atoms with van der Waals surface area (Å²) >= 11 is 0. The van der Waals surface area contributed by atoms with Crippen LogP contribution in [0.25, 0.3) is 0 Å². The van der Waals surface area contributed by atoms with Gasteiger partial charge in [-0.1, -0.05) is 44.2 Å². The summed E-state index contributed by atoms with van der Waals surface area (Å²) in [6.07, 6.45) is 0. The summed E-state index contributed by atoms with van der Waals surface area (Å²) in [6, 6.07) is 20.3. The van der Waals surface area contributed by atoms with Gasteiger partial charge in [0, 0.05) is 5.69 Å². The lowest BCUT2D eigenvalue weighted by molar-refractivity contribution is -0.118. The van der Waals surface area contributed by atoms with Crippen molar-refractivity contribution in [1.82, 2.24) is 0 Å². The van der Waals surface area contributed by atoms with Crippen molar-refractivity contribution in [1.29, 1.82) is 0 Å². The van der Waals surface area contributed by atoms with Gasteiger partial charge in [-0.15, -0.1) is 0 Å². The van der Waals surface area contributed by atoms with Crippen LogP contribution in [-0.2, 0) is 4.79 Å². The Morgan fingerprint density at radius 2 is 1.58 bits per heavy atom. The molecule has 0 aliphatic heterocycles. The van der Waals surface area contributed by atoms with E-state index in [0.717, 1.165) is 11.1 Å². The quantitative estimate of drug-likeness (QED) is 0.519. The Morgan fingerprint density at radius 3 is 2.26 bits per heavy atom. The van der Waals surface area contributed by atoms with Crippen LogP contribution < -0.4 is 15.4 Å². The Balaban J connectivity index is 1.63. The van der Waals surface area contributed by atoms with Crippen molar-refractivity contribution in [2.75, 3.05) is 17.2 Å². The molecule has 3 rings (SSSR count). The first kappa shape index (κ1) is 22.1. The summed E-state index contributed by atoms with van der Waals surface area (Å²) in [7, 11) is 0. The molecule has 0 atom stereocenters. The molecule has 31 heavy (non-hydrogen) atoms. The first-order chi connectivity index (χ1) is 14.8. The lowest BCUT2D eigenvalue weighted by Gasteiger charge is -2.13. The van der Waals surface area contributed by atoms with Crippen LogP contribution >= 0.6 is 0 Å². The van der Waals surface area contributed by atoms with E-state index in [-0.39, 0.29) is 18.4 Å². The van der Waals surface area contributed by atoms with E-state index in [2.05, 4.69) is 24.5 Å². The highest BCUT2D eigenvalue weighted by atomic mass is 16.5. The van der Waals surface area contributed by atoms with Crippen molar-refractivity contribution in [3.05, 3.63) is 89.0 Å². The Morgan fingerprint density at radius 1 is 0.871 bits per heavy atom. The molecule has 0 aliphatic carbocycles. The first-order valence-electron chi connectivity index (χ1n) is 10.3.